The van der Waals surface area contributed by atoms with E-state index in [1.54, 1.807) is 0 Å². The molecule has 0 aliphatic carbocycles. The van der Waals surface area contributed by atoms with Crippen LogP contribution in [0.2, 0.25) is 0 Å². The molecule has 2 N–H and O–H groups in total. The molecule has 1 aliphatic heterocycles. The smallest absolute Gasteiger partial charge is 0.237 e. The van der Waals surface area contributed by atoms with Crippen molar-refractivity contribution < 1.29 is 9.53 Å². The minimum Gasteiger partial charge on any atom is -0.374 e. The number of hydrogen-bond acceptors (Lipinski definition) is 3. The Labute approximate surface area is 104 Å². The first-order valence-electron chi connectivity index (χ1n) is 6.41. The molecular weight excluding hydrogens is 216 g/mol. The fourth-order valence-corrected chi connectivity index (χ4v) is 1.92. The SMILES string of the molecule is CC(NCC1(C)CCCO1)C(=O)NC(C)(C)C. The second-order valence-electron chi connectivity index (χ2n) is 6.24. The molecule has 1 amide bonds. The number of rotatable bonds is 4. The monoisotopic (exact) mass is 242 g/mol. The molecule has 1 heterocycles. The molecule has 0 spiro atoms. The van der Waals surface area contributed by atoms with E-state index >= 15 is 0 Å². The third-order valence-corrected chi connectivity index (χ3v) is 2.97. The molecule has 0 saturated carbocycles. The third-order valence-electron chi connectivity index (χ3n) is 2.97. The lowest BCUT2D eigenvalue weighted by Crippen LogP contribution is -2.52. The summed E-state index contributed by atoms with van der Waals surface area (Å²) in [5.41, 5.74) is -0.281. The first-order chi connectivity index (χ1) is 7.72. The average molecular weight is 242 g/mol. The Bertz CT molecular complexity index is 265. The van der Waals surface area contributed by atoms with Gasteiger partial charge in [-0.3, -0.25) is 4.79 Å². The lowest BCUT2D eigenvalue weighted by molar-refractivity contribution is -0.124. The maximum Gasteiger partial charge on any atom is 0.237 e. The molecule has 0 aromatic carbocycles. The van der Waals surface area contributed by atoms with Crippen LogP contribution in [0.15, 0.2) is 0 Å². The van der Waals surface area contributed by atoms with Crippen molar-refractivity contribution in [2.45, 2.75) is 64.6 Å². The Kier molecular flexibility index (Phi) is 4.55. The number of nitrogens with one attached hydrogen (secondary N) is 2. The number of carbonyl (C=O) groups excluding carboxylic acids is 1. The van der Waals surface area contributed by atoms with Gasteiger partial charge >= 0.3 is 0 Å². The summed E-state index contributed by atoms with van der Waals surface area (Å²) in [5.74, 6) is 0.0408. The molecule has 0 radical (unpaired) electrons. The molecule has 4 heteroatoms. The summed E-state index contributed by atoms with van der Waals surface area (Å²) >= 11 is 0. The summed E-state index contributed by atoms with van der Waals surface area (Å²) < 4.78 is 5.68. The summed E-state index contributed by atoms with van der Waals surface area (Å²) in [6.07, 6.45) is 2.17. The highest BCUT2D eigenvalue weighted by Gasteiger charge is 2.30. The normalized spacial score (nSPS) is 26.9. The summed E-state index contributed by atoms with van der Waals surface area (Å²) in [5, 5.41) is 6.21. The van der Waals surface area contributed by atoms with Crippen molar-refractivity contribution in [3.05, 3.63) is 0 Å². The zero-order valence-electron chi connectivity index (χ0n) is 11.7. The maximum absolute atomic E-state index is 11.9. The number of ether oxygens (including phenoxy) is 1. The molecule has 0 aromatic rings. The Morgan fingerprint density at radius 3 is 2.59 bits per heavy atom. The van der Waals surface area contributed by atoms with Crippen LogP contribution >= 0.6 is 0 Å². The van der Waals surface area contributed by atoms with Crippen molar-refractivity contribution in [3.63, 3.8) is 0 Å². The van der Waals surface area contributed by atoms with E-state index in [1.165, 1.54) is 0 Å². The topological polar surface area (TPSA) is 50.4 Å². The van der Waals surface area contributed by atoms with Crippen LogP contribution in [-0.2, 0) is 9.53 Å². The van der Waals surface area contributed by atoms with Crippen molar-refractivity contribution in [2.75, 3.05) is 13.2 Å². The number of amides is 1. The molecule has 0 bridgehead atoms. The van der Waals surface area contributed by atoms with Gasteiger partial charge in [0.1, 0.15) is 0 Å². The van der Waals surface area contributed by atoms with Crippen LogP contribution in [0.4, 0.5) is 0 Å². The Hall–Kier alpha value is -0.610. The predicted octanol–water partition coefficient (Wildman–Crippen LogP) is 1.45. The largest absolute Gasteiger partial charge is 0.374 e. The van der Waals surface area contributed by atoms with E-state index in [2.05, 4.69) is 17.6 Å². The van der Waals surface area contributed by atoms with Gasteiger partial charge in [-0.2, -0.15) is 0 Å². The summed E-state index contributed by atoms with van der Waals surface area (Å²) in [6.45, 7) is 11.5. The second kappa shape index (κ2) is 5.36. The lowest BCUT2D eigenvalue weighted by Gasteiger charge is -2.27. The zero-order valence-corrected chi connectivity index (χ0v) is 11.7. The molecule has 0 aromatic heterocycles. The molecule has 2 unspecified atom stereocenters. The number of hydrogen-bond donors (Lipinski definition) is 2. The van der Waals surface area contributed by atoms with Crippen LogP contribution in [0.1, 0.15) is 47.5 Å². The fourth-order valence-electron chi connectivity index (χ4n) is 1.92. The van der Waals surface area contributed by atoms with Crippen molar-refractivity contribution in [2.24, 2.45) is 0 Å². The van der Waals surface area contributed by atoms with Crippen molar-refractivity contribution in [1.29, 1.82) is 0 Å². The quantitative estimate of drug-likeness (QED) is 0.784. The molecule has 2 atom stereocenters. The van der Waals surface area contributed by atoms with E-state index in [1.807, 2.05) is 27.7 Å². The van der Waals surface area contributed by atoms with Crippen molar-refractivity contribution in [3.8, 4) is 0 Å². The molecule has 4 nitrogen and oxygen atoms in total. The van der Waals surface area contributed by atoms with E-state index in [4.69, 9.17) is 4.74 Å². The number of carbonyl (C=O) groups is 1. The van der Waals surface area contributed by atoms with Gasteiger partial charge in [-0.15, -0.1) is 0 Å². The van der Waals surface area contributed by atoms with E-state index in [9.17, 15) is 4.79 Å². The summed E-state index contributed by atoms with van der Waals surface area (Å²) in [7, 11) is 0. The van der Waals surface area contributed by atoms with Crippen LogP contribution < -0.4 is 10.6 Å². The lowest BCUT2D eigenvalue weighted by atomic mass is 10.0. The van der Waals surface area contributed by atoms with Crippen LogP contribution in [0.25, 0.3) is 0 Å². The van der Waals surface area contributed by atoms with Crippen LogP contribution in [0.3, 0.4) is 0 Å². The highest BCUT2D eigenvalue weighted by molar-refractivity contribution is 5.81. The van der Waals surface area contributed by atoms with Gasteiger partial charge in [0.2, 0.25) is 5.91 Å². The standard InChI is InChI=1S/C13H26N2O2/c1-10(11(16)15-12(2,3)4)14-9-13(5)7-6-8-17-13/h10,14H,6-9H2,1-5H3,(H,15,16). The fraction of sp³-hybridized carbons (Fsp3) is 0.923. The Morgan fingerprint density at radius 2 is 2.12 bits per heavy atom. The van der Waals surface area contributed by atoms with Gasteiger partial charge < -0.3 is 15.4 Å². The summed E-state index contributed by atoms with van der Waals surface area (Å²) in [6, 6.07) is -0.185. The Balaban J connectivity index is 2.33. The van der Waals surface area contributed by atoms with Gasteiger partial charge in [0, 0.05) is 18.7 Å². The molecule has 1 saturated heterocycles. The predicted molar refractivity (Wildman–Crippen MR) is 69.0 cm³/mol. The van der Waals surface area contributed by atoms with E-state index in [-0.39, 0.29) is 23.1 Å². The average Bonchev–Trinajstić information content (AvgIpc) is 2.59. The maximum atomic E-state index is 11.9. The molecule has 100 valence electrons. The first kappa shape index (κ1) is 14.5. The third kappa shape index (κ3) is 5.04. The van der Waals surface area contributed by atoms with Crippen LogP contribution in [0.5, 0.6) is 0 Å². The molecular formula is C13H26N2O2. The zero-order chi connectivity index (χ0) is 13.1. The van der Waals surface area contributed by atoms with Gasteiger partial charge in [-0.05, 0) is 47.5 Å². The van der Waals surface area contributed by atoms with Crippen molar-refractivity contribution >= 4 is 5.91 Å². The molecule has 1 fully saturated rings. The van der Waals surface area contributed by atoms with E-state index in [0.717, 1.165) is 26.0 Å². The molecule has 1 aliphatic rings. The van der Waals surface area contributed by atoms with Gasteiger partial charge in [-0.1, -0.05) is 0 Å². The van der Waals surface area contributed by atoms with Gasteiger partial charge in [-0.25, -0.2) is 0 Å². The highest BCUT2D eigenvalue weighted by atomic mass is 16.5. The minimum atomic E-state index is -0.185. The van der Waals surface area contributed by atoms with Crippen molar-refractivity contribution in [1.82, 2.24) is 10.6 Å². The van der Waals surface area contributed by atoms with E-state index in [0.29, 0.717) is 0 Å². The van der Waals surface area contributed by atoms with Crippen LogP contribution in [-0.4, -0.2) is 36.2 Å². The van der Waals surface area contributed by atoms with Gasteiger partial charge in [0.05, 0.1) is 11.6 Å². The first-order valence-corrected chi connectivity index (χ1v) is 6.41. The van der Waals surface area contributed by atoms with Crippen LogP contribution in [0, 0.1) is 0 Å². The molecule has 1 rings (SSSR count). The Morgan fingerprint density at radius 1 is 1.47 bits per heavy atom. The van der Waals surface area contributed by atoms with Gasteiger partial charge in [0.25, 0.3) is 0 Å². The summed E-state index contributed by atoms with van der Waals surface area (Å²) in [4.78, 5) is 11.9. The highest BCUT2D eigenvalue weighted by Crippen LogP contribution is 2.23. The van der Waals surface area contributed by atoms with E-state index < -0.39 is 0 Å². The second-order valence-corrected chi connectivity index (χ2v) is 6.24. The minimum absolute atomic E-state index is 0.0408. The van der Waals surface area contributed by atoms with Gasteiger partial charge in [0.15, 0.2) is 0 Å². The molecule has 17 heavy (non-hydrogen) atoms.